The minimum atomic E-state index is -0.394. The number of H-pyrrole nitrogens is 2. The lowest BCUT2D eigenvalue weighted by Gasteiger charge is -2.15. The van der Waals surface area contributed by atoms with Crippen molar-refractivity contribution in [2.75, 3.05) is 31.6 Å². The van der Waals surface area contributed by atoms with Gasteiger partial charge in [0.05, 0.1) is 40.3 Å². The highest BCUT2D eigenvalue weighted by molar-refractivity contribution is 5.96. The topological polar surface area (TPSA) is 138 Å². The van der Waals surface area contributed by atoms with E-state index in [0.29, 0.717) is 69.4 Å². The third-order valence-corrected chi connectivity index (χ3v) is 7.72. The van der Waals surface area contributed by atoms with Gasteiger partial charge in [0.25, 0.3) is 0 Å². The van der Waals surface area contributed by atoms with Gasteiger partial charge in [0.15, 0.2) is 11.5 Å². The minimum Gasteiger partial charge on any atom is -0.492 e. The van der Waals surface area contributed by atoms with E-state index in [1.165, 1.54) is 25.0 Å². The number of aromatic nitrogens is 7. The summed E-state index contributed by atoms with van der Waals surface area (Å²) < 4.78 is 20.7. The van der Waals surface area contributed by atoms with E-state index in [1.807, 2.05) is 24.3 Å². The Morgan fingerprint density at radius 3 is 2.70 bits per heavy atom. The average Bonchev–Trinajstić information content (AvgIpc) is 3.80. The first kappa shape index (κ1) is 27.6. The molecule has 7 rings (SSSR count). The van der Waals surface area contributed by atoms with E-state index in [9.17, 15) is 9.18 Å². The van der Waals surface area contributed by atoms with Gasteiger partial charge in [0.2, 0.25) is 5.91 Å². The number of carbonyl (C=O) groups is 1. The summed E-state index contributed by atoms with van der Waals surface area (Å²) >= 11 is 0. The van der Waals surface area contributed by atoms with Gasteiger partial charge < -0.3 is 15.0 Å². The lowest BCUT2D eigenvalue weighted by Crippen LogP contribution is -2.25. The number of anilines is 1. The number of rotatable bonds is 9. The molecule has 1 aliphatic heterocycles. The molecule has 0 bridgehead atoms. The van der Waals surface area contributed by atoms with Crippen molar-refractivity contribution < 1.29 is 13.9 Å². The number of nitrogens with one attached hydrogen (secondary N) is 3. The molecule has 11 nitrogen and oxygen atoms in total. The average molecular weight is 592 g/mol. The number of fused-ring (bicyclic) bond motifs is 2. The van der Waals surface area contributed by atoms with Crippen LogP contribution in [0.3, 0.4) is 0 Å². The highest BCUT2D eigenvalue weighted by Crippen LogP contribution is 2.33. The SMILES string of the molecule is CCC(=O)Nc1cncc(-c2ccc3[nH]nc(-c4nc5c(-c6cc(F)cc(OCCN7CCCC7)c6)cncc5[nH]4)c3n2)c1. The van der Waals surface area contributed by atoms with Crippen LogP contribution in [0.15, 0.2) is 61.2 Å². The molecule has 12 heteroatoms. The van der Waals surface area contributed by atoms with Crippen LogP contribution in [0, 0.1) is 5.82 Å². The second-order valence-corrected chi connectivity index (χ2v) is 10.8. The molecule has 3 N–H and O–H groups in total. The van der Waals surface area contributed by atoms with Gasteiger partial charge in [0, 0.05) is 42.6 Å². The van der Waals surface area contributed by atoms with Crippen LogP contribution in [0.5, 0.6) is 5.75 Å². The third-order valence-electron chi connectivity index (χ3n) is 7.72. The fourth-order valence-electron chi connectivity index (χ4n) is 5.48. The zero-order valence-electron chi connectivity index (χ0n) is 24.1. The molecule has 1 saturated heterocycles. The van der Waals surface area contributed by atoms with Gasteiger partial charge >= 0.3 is 0 Å². The maximum atomic E-state index is 14.7. The molecule has 0 atom stereocenters. The Balaban J connectivity index is 1.20. The highest BCUT2D eigenvalue weighted by atomic mass is 19.1. The van der Waals surface area contributed by atoms with E-state index in [1.54, 1.807) is 31.7 Å². The number of hydrogen-bond donors (Lipinski definition) is 3. The Labute approximate surface area is 251 Å². The summed E-state index contributed by atoms with van der Waals surface area (Å²) in [5.74, 6) is 0.470. The van der Waals surface area contributed by atoms with E-state index < -0.39 is 5.82 Å². The quantitative estimate of drug-likeness (QED) is 0.198. The van der Waals surface area contributed by atoms with Crippen LogP contribution in [0.2, 0.25) is 0 Å². The van der Waals surface area contributed by atoms with E-state index in [0.717, 1.165) is 30.7 Å². The van der Waals surface area contributed by atoms with E-state index in [4.69, 9.17) is 14.7 Å². The summed E-state index contributed by atoms with van der Waals surface area (Å²) in [4.78, 5) is 35.9. The molecule has 0 spiro atoms. The number of halogens is 1. The molecule has 0 unspecified atom stereocenters. The molecule has 1 aliphatic rings. The Bertz CT molecular complexity index is 1980. The van der Waals surface area contributed by atoms with Crippen molar-refractivity contribution in [3.8, 4) is 39.7 Å². The zero-order valence-corrected chi connectivity index (χ0v) is 24.1. The molecule has 6 aromatic rings. The molecule has 1 fully saturated rings. The molecule has 0 aliphatic carbocycles. The van der Waals surface area contributed by atoms with E-state index >= 15 is 0 Å². The first-order chi connectivity index (χ1) is 21.5. The molecule has 222 valence electrons. The van der Waals surface area contributed by atoms with Gasteiger partial charge in [-0.1, -0.05) is 6.92 Å². The molecule has 1 aromatic carbocycles. The van der Waals surface area contributed by atoms with Gasteiger partial charge in [0.1, 0.15) is 23.7 Å². The number of amides is 1. The van der Waals surface area contributed by atoms with Crippen molar-refractivity contribution >= 4 is 33.7 Å². The van der Waals surface area contributed by atoms with Crippen molar-refractivity contribution in [1.29, 1.82) is 0 Å². The number of aromatic amines is 2. The zero-order chi connectivity index (χ0) is 30.0. The van der Waals surface area contributed by atoms with Gasteiger partial charge in [-0.05, 0) is 61.8 Å². The number of likely N-dealkylation sites (tertiary alicyclic amines) is 1. The monoisotopic (exact) mass is 591 g/mol. The van der Waals surface area contributed by atoms with Crippen molar-refractivity contribution in [3.63, 3.8) is 0 Å². The Hall–Kier alpha value is -5.23. The van der Waals surface area contributed by atoms with E-state index in [-0.39, 0.29) is 5.91 Å². The standard InChI is InChI=1S/C32H30FN9O2/c1-2-28(43)36-22-12-20(15-34-16-22)25-5-6-26-30(37-25)31(41-40-26)32-38-27-18-35-17-24(29(27)39-32)19-11-21(33)14-23(13-19)44-10-9-42-7-3-4-8-42/h5-6,11-18H,2-4,7-10H2,1H3,(H,36,43)(H,38,39)(H,40,41). The van der Waals surface area contributed by atoms with Crippen LogP contribution in [0.1, 0.15) is 26.2 Å². The smallest absolute Gasteiger partial charge is 0.224 e. The normalized spacial score (nSPS) is 13.6. The number of benzene rings is 1. The van der Waals surface area contributed by atoms with Crippen LogP contribution in [0.25, 0.3) is 56.0 Å². The largest absolute Gasteiger partial charge is 0.492 e. The molecular weight excluding hydrogens is 561 g/mol. The lowest BCUT2D eigenvalue weighted by molar-refractivity contribution is -0.115. The maximum absolute atomic E-state index is 14.7. The fraction of sp³-hybridized carbons (Fsp3) is 0.250. The fourth-order valence-corrected chi connectivity index (χ4v) is 5.48. The predicted octanol–water partition coefficient (Wildman–Crippen LogP) is 5.59. The van der Waals surface area contributed by atoms with Crippen molar-refractivity contribution in [2.45, 2.75) is 26.2 Å². The van der Waals surface area contributed by atoms with Crippen LogP contribution in [-0.4, -0.2) is 72.2 Å². The molecule has 6 heterocycles. The number of nitrogens with zero attached hydrogens (tertiary/aromatic N) is 6. The second kappa shape index (κ2) is 11.8. The Kier molecular flexibility index (Phi) is 7.40. The second-order valence-electron chi connectivity index (χ2n) is 10.8. The first-order valence-corrected chi connectivity index (χ1v) is 14.6. The maximum Gasteiger partial charge on any atom is 0.224 e. The number of pyridine rings is 3. The van der Waals surface area contributed by atoms with Crippen LogP contribution in [0.4, 0.5) is 10.1 Å². The van der Waals surface area contributed by atoms with Gasteiger partial charge in [-0.15, -0.1) is 0 Å². The third kappa shape index (κ3) is 5.59. The molecular formula is C32H30FN9O2. The van der Waals surface area contributed by atoms with Gasteiger partial charge in [-0.3, -0.25) is 24.8 Å². The summed E-state index contributed by atoms with van der Waals surface area (Å²) in [6, 6.07) is 10.3. The predicted molar refractivity (Wildman–Crippen MR) is 165 cm³/mol. The Morgan fingerprint density at radius 1 is 0.977 bits per heavy atom. The molecule has 1 amide bonds. The first-order valence-electron chi connectivity index (χ1n) is 14.6. The van der Waals surface area contributed by atoms with E-state index in [2.05, 4.69) is 35.4 Å². The van der Waals surface area contributed by atoms with Gasteiger partial charge in [-0.25, -0.2) is 14.4 Å². The van der Waals surface area contributed by atoms with Crippen LogP contribution >= 0.6 is 0 Å². The number of hydrogen-bond acceptors (Lipinski definition) is 8. The molecule has 5 aromatic heterocycles. The highest BCUT2D eigenvalue weighted by Gasteiger charge is 2.18. The van der Waals surface area contributed by atoms with Crippen molar-refractivity contribution in [3.05, 3.63) is 67.0 Å². The van der Waals surface area contributed by atoms with Crippen LogP contribution in [-0.2, 0) is 4.79 Å². The number of ether oxygens (including phenoxy) is 1. The Morgan fingerprint density at radius 2 is 1.84 bits per heavy atom. The number of carbonyl (C=O) groups excluding carboxylic acids is 1. The van der Waals surface area contributed by atoms with Crippen molar-refractivity contribution in [1.82, 2.24) is 40.0 Å². The lowest BCUT2D eigenvalue weighted by atomic mass is 10.1. The summed E-state index contributed by atoms with van der Waals surface area (Å²) in [7, 11) is 0. The van der Waals surface area contributed by atoms with Gasteiger partial charge in [-0.2, -0.15) is 5.10 Å². The summed E-state index contributed by atoms with van der Waals surface area (Å²) in [5.41, 5.74) is 6.45. The number of imidazole rings is 1. The molecule has 0 saturated carbocycles. The van der Waals surface area contributed by atoms with Crippen LogP contribution < -0.4 is 10.1 Å². The molecule has 0 radical (unpaired) electrons. The molecule has 44 heavy (non-hydrogen) atoms. The van der Waals surface area contributed by atoms with Crippen molar-refractivity contribution in [2.24, 2.45) is 0 Å². The summed E-state index contributed by atoms with van der Waals surface area (Å²) in [6.07, 6.45) is 9.43. The summed E-state index contributed by atoms with van der Waals surface area (Å²) in [5, 5.41) is 10.4. The minimum absolute atomic E-state index is 0.0947. The summed E-state index contributed by atoms with van der Waals surface area (Å²) in [6.45, 7) is 5.26.